The van der Waals surface area contributed by atoms with Crippen molar-refractivity contribution in [3.05, 3.63) is 85.1 Å². The molecule has 1 heterocycles. The predicted molar refractivity (Wildman–Crippen MR) is 170 cm³/mol. The third-order valence-corrected chi connectivity index (χ3v) is 7.34. The van der Waals surface area contributed by atoms with Crippen LogP contribution < -0.4 is 15.0 Å². The second kappa shape index (κ2) is 13.5. The van der Waals surface area contributed by atoms with Gasteiger partial charge in [0.25, 0.3) is 5.56 Å². The van der Waals surface area contributed by atoms with Gasteiger partial charge in [-0.3, -0.25) is 4.79 Å². The number of esters is 1. The summed E-state index contributed by atoms with van der Waals surface area (Å²) >= 11 is 9.84. The van der Waals surface area contributed by atoms with Crippen LogP contribution in [-0.4, -0.2) is 41.2 Å². The van der Waals surface area contributed by atoms with Crippen LogP contribution in [0.2, 0.25) is 5.02 Å². The first kappa shape index (κ1) is 31.3. The van der Waals surface area contributed by atoms with Gasteiger partial charge in [0.1, 0.15) is 11.5 Å². The molecule has 0 saturated heterocycles. The molecule has 0 aliphatic rings. The number of carbonyl (C=O) groups is 1. The third-order valence-electron chi connectivity index (χ3n) is 6.54. The zero-order valence-corrected chi connectivity index (χ0v) is 26.7. The predicted octanol–water partition coefficient (Wildman–Crippen LogP) is 7.52. The van der Waals surface area contributed by atoms with Crippen LogP contribution in [0.1, 0.15) is 57.2 Å². The fourth-order valence-electron chi connectivity index (χ4n) is 4.48. The van der Waals surface area contributed by atoms with Gasteiger partial charge in [0.2, 0.25) is 0 Å². The molecule has 0 unspecified atom stereocenters. The quantitative estimate of drug-likeness (QED) is 0.130. The van der Waals surface area contributed by atoms with Crippen LogP contribution in [0, 0.1) is 6.92 Å². The van der Waals surface area contributed by atoms with Gasteiger partial charge >= 0.3 is 5.97 Å². The second-order valence-electron chi connectivity index (χ2n) is 9.92. The van der Waals surface area contributed by atoms with E-state index >= 15 is 0 Å². The van der Waals surface area contributed by atoms with Crippen molar-refractivity contribution >= 4 is 50.6 Å². The molecule has 0 aliphatic heterocycles. The number of carbonyl (C=O) groups excluding carboxylic acids is 1. The fourth-order valence-corrected chi connectivity index (χ4v) is 5.41. The van der Waals surface area contributed by atoms with Gasteiger partial charge < -0.3 is 14.2 Å². The summed E-state index contributed by atoms with van der Waals surface area (Å²) in [6.45, 7) is 12.2. The molecule has 4 rings (SSSR count). The molecular formula is C32H33BrClN3O5. The molecule has 10 heteroatoms. The molecule has 220 valence electrons. The molecule has 0 bridgehead atoms. The van der Waals surface area contributed by atoms with E-state index in [1.807, 2.05) is 32.0 Å². The average Bonchev–Trinajstić information content (AvgIpc) is 2.94. The summed E-state index contributed by atoms with van der Waals surface area (Å²) < 4.78 is 18.8. The van der Waals surface area contributed by atoms with Crippen LogP contribution in [0.15, 0.2) is 62.9 Å². The van der Waals surface area contributed by atoms with Gasteiger partial charge in [-0.25, -0.2) is 9.78 Å². The number of para-hydroxylation sites is 1. The van der Waals surface area contributed by atoms with Crippen molar-refractivity contribution in [2.24, 2.45) is 5.10 Å². The largest absolute Gasteiger partial charge is 0.494 e. The maximum absolute atomic E-state index is 13.9. The van der Waals surface area contributed by atoms with E-state index < -0.39 is 12.1 Å². The summed E-state index contributed by atoms with van der Waals surface area (Å²) in [7, 11) is 0. The lowest BCUT2D eigenvalue weighted by Gasteiger charge is -2.18. The lowest BCUT2D eigenvalue weighted by atomic mass is 9.96. The van der Waals surface area contributed by atoms with Crippen LogP contribution in [0.5, 0.6) is 11.5 Å². The zero-order valence-electron chi connectivity index (χ0n) is 24.4. The monoisotopic (exact) mass is 653 g/mol. The molecule has 42 heavy (non-hydrogen) atoms. The number of benzene rings is 3. The number of nitrogens with zero attached hydrogens (tertiary/aromatic N) is 3. The number of aryl methyl sites for hydroxylation is 1. The highest BCUT2D eigenvalue weighted by Crippen LogP contribution is 2.35. The summed E-state index contributed by atoms with van der Waals surface area (Å²) in [6.07, 6.45) is 0.578. The molecule has 3 aromatic carbocycles. The minimum absolute atomic E-state index is 0.167. The Kier molecular flexibility index (Phi) is 10.1. The van der Waals surface area contributed by atoms with E-state index in [1.165, 1.54) is 10.9 Å². The van der Waals surface area contributed by atoms with Crippen molar-refractivity contribution in [3.8, 4) is 22.9 Å². The van der Waals surface area contributed by atoms with Crippen LogP contribution >= 0.6 is 27.5 Å². The van der Waals surface area contributed by atoms with Gasteiger partial charge in [-0.1, -0.05) is 37.6 Å². The first-order chi connectivity index (χ1) is 20.0. The molecule has 0 spiro atoms. The molecule has 0 radical (unpaired) electrons. The first-order valence-corrected chi connectivity index (χ1v) is 14.9. The van der Waals surface area contributed by atoms with E-state index in [-0.39, 0.29) is 18.1 Å². The molecule has 4 aromatic rings. The minimum Gasteiger partial charge on any atom is -0.494 e. The van der Waals surface area contributed by atoms with Crippen molar-refractivity contribution < 1.29 is 19.0 Å². The highest BCUT2D eigenvalue weighted by molar-refractivity contribution is 9.10. The maximum atomic E-state index is 13.9. The van der Waals surface area contributed by atoms with Gasteiger partial charge in [0.15, 0.2) is 11.9 Å². The number of halogens is 2. The smallest absolute Gasteiger partial charge is 0.347 e. The van der Waals surface area contributed by atoms with Crippen molar-refractivity contribution in [3.63, 3.8) is 0 Å². The van der Waals surface area contributed by atoms with Crippen molar-refractivity contribution in [2.75, 3.05) is 13.2 Å². The SMILES string of the molecule is CCOC(=O)[C@@H](C)Oc1c(Br)cc(Cl)cc1C=Nn1c(-c2cc(C(C)C)c(OCC)cc2C)nc2ccccc2c1=O. The standard InChI is InChI=1S/C32H33BrClN3O5/c1-7-40-28-13-19(5)25(16-24(28)18(3)4)30-36-27-12-10-9-11-23(27)31(38)37(30)35-17-21-14-22(34)15-26(33)29(21)42-20(6)32(39)41-8-2/h9-18,20H,7-8H2,1-6H3/t20-/m1/s1. The van der Waals surface area contributed by atoms with Crippen molar-refractivity contribution in [1.82, 2.24) is 9.66 Å². The van der Waals surface area contributed by atoms with Crippen LogP contribution in [0.25, 0.3) is 22.3 Å². The molecular weight excluding hydrogens is 622 g/mol. The zero-order chi connectivity index (χ0) is 30.6. The summed E-state index contributed by atoms with van der Waals surface area (Å²) in [4.78, 5) is 31.0. The summed E-state index contributed by atoms with van der Waals surface area (Å²) in [6, 6.07) is 14.4. The number of hydrogen-bond donors (Lipinski definition) is 0. The van der Waals surface area contributed by atoms with Gasteiger partial charge in [0.05, 0.1) is 34.8 Å². The van der Waals surface area contributed by atoms with Gasteiger partial charge in [-0.15, -0.1) is 0 Å². The van der Waals surface area contributed by atoms with E-state index in [4.69, 9.17) is 30.8 Å². The van der Waals surface area contributed by atoms with Crippen LogP contribution in [0.4, 0.5) is 0 Å². The van der Waals surface area contributed by atoms with Crippen molar-refractivity contribution in [2.45, 2.75) is 53.6 Å². The van der Waals surface area contributed by atoms with E-state index in [0.717, 1.165) is 22.4 Å². The molecule has 0 N–H and O–H groups in total. The maximum Gasteiger partial charge on any atom is 0.347 e. The number of ether oxygens (including phenoxy) is 3. The molecule has 0 aliphatic carbocycles. The summed E-state index contributed by atoms with van der Waals surface area (Å²) in [5, 5.41) is 5.45. The van der Waals surface area contributed by atoms with Crippen LogP contribution in [0.3, 0.4) is 0 Å². The normalized spacial score (nSPS) is 12.2. The van der Waals surface area contributed by atoms with E-state index in [2.05, 4.69) is 34.9 Å². The van der Waals surface area contributed by atoms with E-state index in [1.54, 1.807) is 44.2 Å². The van der Waals surface area contributed by atoms with Crippen molar-refractivity contribution in [1.29, 1.82) is 0 Å². The Morgan fingerprint density at radius 3 is 2.55 bits per heavy atom. The highest BCUT2D eigenvalue weighted by Gasteiger charge is 2.21. The number of fused-ring (bicyclic) bond motifs is 1. The fraction of sp³-hybridized carbons (Fsp3) is 0.312. The Hall–Kier alpha value is -3.69. The number of hydrogen-bond acceptors (Lipinski definition) is 7. The molecule has 0 saturated carbocycles. The average molecular weight is 655 g/mol. The Balaban J connectivity index is 1.93. The molecule has 0 amide bonds. The molecule has 1 atom stereocenters. The molecule has 0 fully saturated rings. The number of aromatic nitrogens is 2. The summed E-state index contributed by atoms with van der Waals surface area (Å²) in [5.74, 6) is 1.16. The number of rotatable bonds is 10. The van der Waals surface area contributed by atoms with Gasteiger partial charge in [-0.2, -0.15) is 9.78 Å². The third kappa shape index (κ3) is 6.68. The topological polar surface area (TPSA) is 92.0 Å². The Labute approximate surface area is 258 Å². The van der Waals surface area contributed by atoms with E-state index in [0.29, 0.717) is 44.1 Å². The molecule has 1 aromatic heterocycles. The Morgan fingerprint density at radius 1 is 1.12 bits per heavy atom. The Bertz CT molecular complexity index is 1720. The first-order valence-electron chi connectivity index (χ1n) is 13.7. The van der Waals surface area contributed by atoms with Crippen LogP contribution in [-0.2, 0) is 9.53 Å². The van der Waals surface area contributed by atoms with Gasteiger partial charge in [0, 0.05) is 16.1 Å². The second-order valence-corrected chi connectivity index (χ2v) is 11.2. The lowest BCUT2D eigenvalue weighted by Crippen LogP contribution is -2.26. The van der Waals surface area contributed by atoms with E-state index in [9.17, 15) is 9.59 Å². The highest BCUT2D eigenvalue weighted by atomic mass is 79.9. The summed E-state index contributed by atoms with van der Waals surface area (Å²) in [5.41, 5.74) is 3.30. The lowest BCUT2D eigenvalue weighted by molar-refractivity contribution is -0.150. The Morgan fingerprint density at radius 2 is 1.86 bits per heavy atom. The minimum atomic E-state index is -0.892. The van der Waals surface area contributed by atoms with Gasteiger partial charge in [-0.05, 0) is 97.1 Å². The molecule has 8 nitrogen and oxygen atoms in total.